The molecule has 2 saturated carbocycles. The summed E-state index contributed by atoms with van der Waals surface area (Å²) in [6.45, 7) is 6.15. The molecular formula is C31H40N2O5. The third-order valence-electron chi connectivity index (χ3n) is 9.05. The van der Waals surface area contributed by atoms with Crippen LogP contribution in [0, 0.1) is 12.8 Å². The van der Waals surface area contributed by atoms with Gasteiger partial charge >= 0.3 is 5.97 Å². The number of likely N-dealkylation sites (N-methyl/N-ethyl adjacent to an activating group) is 1. The molecule has 0 N–H and O–H groups in total. The Hall–Kier alpha value is -3.06. The van der Waals surface area contributed by atoms with E-state index in [-0.39, 0.29) is 17.9 Å². The molecule has 5 rings (SSSR count). The summed E-state index contributed by atoms with van der Waals surface area (Å²) in [5, 5.41) is 0. The van der Waals surface area contributed by atoms with Gasteiger partial charge in [-0.05, 0) is 87.7 Å². The van der Waals surface area contributed by atoms with Crippen molar-refractivity contribution >= 4 is 18.0 Å². The van der Waals surface area contributed by atoms with Gasteiger partial charge in [0.05, 0.1) is 13.4 Å². The van der Waals surface area contributed by atoms with Crippen LogP contribution in [0.15, 0.2) is 47.1 Å². The van der Waals surface area contributed by atoms with Crippen molar-refractivity contribution in [1.82, 2.24) is 9.80 Å². The fraction of sp³-hybridized carbons (Fsp3) is 0.548. The molecule has 2 aliphatic carbocycles. The number of esters is 1. The first-order chi connectivity index (χ1) is 18.2. The molecule has 204 valence electrons. The predicted molar refractivity (Wildman–Crippen MR) is 146 cm³/mol. The number of carbonyl (C=O) groups is 2. The van der Waals surface area contributed by atoms with Crippen molar-refractivity contribution in [2.45, 2.75) is 69.4 Å². The average molecular weight is 521 g/mol. The molecule has 7 heteroatoms. The van der Waals surface area contributed by atoms with E-state index in [2.05, 4.69) is 17.0 Å². The van der Waals surface area contributed by atoms with Crippen molar-refractivity contribution in [1.29, 1.82) is 0 Å². The Morgan fingerprint density at radius 2 is 2.03 bits per heavy atom. The summed E-state index contributed by atoms with van der Waals surface area (Å²) in [6.07, 6.45) is 10.7. The van der Waals surface area contributed by atoms with Crippen LogP contribution in [-0.4, -0.2) is 67.1 Å². The highest BCUT2D eigenvalue weighted by Crippen LogP contribution is 2.55. The highest BCUT2D eigenvalue weighted by Gasteiger charge is 2.61. The number of amides is 1. The Morgan fingerprint density at radius 3 is 2.71 bits per heavy atom. The molecule has 1 aromatic carbocycles. The number of rotatable bonds is 8. The summed E-state index contributed by atoms with van der Waals surface area (Å²) in [5.74, 6) is 2.06. The lowest BCUT2D eigenvalue weighted by Crippen LogP contribution is -2.68. The molecule has 0 bridgehead atoms. The van der Waals surface area contributed by atoms with E-state index < -0.39 is 11.0 Å². The van der Waals surface area contributed by atoms with Gasteiger partial charge in [0.15, 0.2) is 0 Å². The van der Waals surface area contributed by atoms with E-state index in [4.69, 9.17) is 13.9 Å². The highest BCUT2D eigenvalue weighted by atomic mass is 16.6. The Labute approximate surface area is 225 Å². The minimum atomic E-state index is -0.650. The van der Waals surface area contributed by atoms with Gasteiger partial charge in [0.2, 0.25) is 5.91 Å². The Kier molecular flexibility index (Phi) is 7.40. The second-order valence-corrected chi connectivity index (χ2v) is 11.4. The molecule has 1 aliphatic heterocycles. The number of carbonyl (C=O) groups excluding carboxylic acids is 2. The Balaban J connectivity index is 1.48. The van der Waals surface area contributed by atoms with Crippen molar-refractivity contribution in [3.05, 3.63) is 59.6 Å². The number of nitrogens with zero attached hydrogens (tertiary/aromatic N) is 2. The van der Waals surface area contributed by atoms with E-state index in [0.29, 0.717) is 6.42 Å². The first-order valence-corrected chi connectivity index (χ1v) is 13.8. The number of hydrogen-bond acceptors (Lipinski definition) is 6. The topological polar surface area (TPSA) is 72.2 Å². The molecule has 0 unspecified atom stereocenters. The zero-order valence-corrected chi connectivity index (χ0v) is 23.1. The predicted octanol–water partition coefficient (Wildman–Crippen LogP) is 4.98. The molecule has 3 fully saturated rings. The van der Waals surface area contributed by atoms with E-state index in [0.717, 1.165) is 67.5 Å². The molecule has 0 spiro atoms. The van der Waals surface area contributed by atoms with Crippen LogP contribution >= 0.6 is 0 Å². The maximum absolute atomic E-state index is 13.3. The summed E-state index contributed by atoms with van der Waals surface area (Å²) in [7, 11) is 3.57. The summed E-state index contributed by atoms with van der Waals surface area (Å²) in [6, 6.07) is 10.1. The third kappa shape index (κ3) is 5.13. The number of methoxy groups -OCH3 is 1. The quantitative estimate of drug-likeness (QED) is 0.361. The lowest BCUT2D eigenvalue weighted by Gasteiger charge is -2.60. The number of aryl methyl sites for hydroxylation is 1. The first-order valence-electron chi connectivity index (χ1n) is 13.8. The first kappa shape index (κ1) is 26.5. The van der Waals surface area contributed by atoms with Crippen LogP contribution in [0.3, 0.4) is 0 Å². The number of ether oxygens (including phenoxy) is 2. The summed E-state index contributed by atoms with van der Waals surface area (Å²) in [5.41, 5.74) is 0.956. The maximum Gasteiger partial charge on any atom is 0.303 e. The van der Waals surface area contributed by atoms with Crippen LogP contribution in [0.25, 0.3) is 6.08 Å². The second kappa shape index (κ2) is 10.6. The monoisotopic (exact) mass is 520 g/mol. The molecule has 2 aromatic rings. The van der Waals surface area contributed by atoms with Gasteiger partial charge in [-0.3, -0.25) is 14.5 Å². The number of benzene rings is 1. The van der Waals surface area contributed by atoms with Crippen molar-refractivity contribution in [2.75, 3.05) is 33.8 Å². The fourth-order valence-electron chi connectivity index (χ4n) is 6.76. The van der Waals surface area contributed by atoms with Gasteiger partial charge in [0.1, 0.15) is 17.1 Å². The van der Waals surface area contributed by atoms with Crippen LogP contribution in [0.1, 0.15) is 62.3 Å². The average Bonchev–Trinajstić information content (AvgIpc) is 3.63. The SMILES string of the molecule is COc1cccc([C@@]23CCN(CC4CC4)C[C@@]2(OC(C)=O)CC[C@@H](N(C)C(=O)/C=C/c2ccoc2C)C3)c1. The Morgan fingerprint density at radius 1 is 1.21 bits per heavy atom. The molecule has 3 aliphatic rings. The zero-order valence-electron chi connectivity index (χ0n) is 23.1. The zero-order chi connectivity index (χ0) is 26.9. The largest absolute Gasteiger partial charge is 0.497 e. The van der Waals surface area contributed by atoms with Crippen molar-refractivity contribution in [3.63, 3.8) is 0 Å². The molecule has 0 radical (unpaired) electrons. The molecule has 1 aromatic heterocycles. The van der Waals surface area contributed by atoms with E-state index in [1.165, 1.54) is 19.8 Å². The van der Waals surface area contributed by atoms with Crippen molar-refractivity contribution < 1.29 is 23.5 Å². The summed E-state index contributed by atoms with van der Waals surface area (Å²) >= 11 is 0. The van der Waals surface area contributed by atoms with E-state index >= 15 is 0 Å². The number of furan rings is 1. The number of likely N-dealkylation sites (tertiary alicyclic amines) is 1. The van der Waals surface area contributed by atoms with Crippen LogP contribution in [0.2, 0.25) is 0 Å². The summed E-state index contributed by atoms with van der Waals surface area (Å²) in [4.78, 5) is 30.3. The number of piperidine rings is 1. The number of fused-ring (bicyclic) bond motifs is 1. The van der Waals surface area contributed by atoms with E-state index in [1.54, 1.807) is 19.4 Å². The van der Waals surface area contributed by atoms with Crippen LogP contribution in [0.5, 0.6) is 5.75 Å². The molecule has 1 amide bonds. The third-order valence-corrected chi connectivity index (χ3v) is 9.05. The molecule has 3 atom stereocenters. The van der Waals surface area contributed by atoms with Gasteiger partial charge in [0, 0.05) is 50.2 Å². The van der Waals surface area contributed by atoms with Gasteiger partial charge in [0.25, 0.3) is 0 Å². The standard InChI is InChI=1S/C31H40N2O5/c1-22-25(13-17-37-22)10-11-29(35)32(3)27-12-14-31(38-23(2)34)21-33(20-24-8-9-24)16-15-30(31,19-27)26-6-5-7-28(18-26)36-4/h5-7,10-11,13,17-18,24,27H,8-9,12,14-16,19-21H2,1-4H3/b11-10+/t27-,30+,31+/m1/s1. The molecule has 38 heavy (non-hydrogen) atoms. The smallest absolute Gasteiger partial charge is 0.303 e. The van der Waals surface area contributed by atoms with Gasteiger partial charge in [-0.15, -0.1) is 0 Å². The number of hydrogen-bond donors (Lipinski definition) is 0. The fourth-order valence-corrected chi connectivity index (χ4v) is 6.76. The normalized spacial score (nSPS) is 27.6. The summed E-state index contributed by atoms with van der Waals surface area (Å²) < 4.78 is 17.4. The minimum Gasteiger partial charge on any atom is -0.497 e. The van der Waals surface area contributed by atoms with Crippen molar-refractivity contribution in [3.8, 4) is 5.75 Å². The van der Waals surface area contributed by atoms with Gasteiger partial charge in [-0.1, -0.05) is 12.1 Å². The Bertz CT molecular complexity index is 1200. The van der Waals surface area contributed by atoms with Gasteiger partial charge in [-0.25, -0.2) is 0 Å². The van der Waals surface area contributed by atoms with Gasteiger partial charge < -0.3 is 18.8 Å². The highest BCUT2D eigenvalue weighted by molar-refractivity contribution is 5.92. The van der Waals surface area contributed by atoms with E-state index in [1.807, 2.05) is 43.1 Å². The van der Waals surface area contributed by atoms with Crippen LogP contribution in [0.4, 0.5) is 0 Å². The molecular weight excluding hydrogens is 480 g/mol. The van der Waals surface area contributed by atoms with E-state index in [9.17, 15) is 9.59 Å². The minimum absolute atomic E-state index is 0.0162. The van der Waals surface area contributed by atoms with Crippen molar-refractivity contribution in [2.24, 2.45) is 5.92 Å². The van der Waals surface area contributed by atoms with Crippen LogP contribution < -0.4 is 4.74 Å². The molecule has 7 nitrogen and oxygen atoms in total. The molecule has 2 heterocycles. The second-order valence-electron chi connectivity index (χ2n) is 11.4. The lowest BCUT2D eigenvalue weighted by molar-refractivity contribution is -0.190. The molecule has 1 saturated heterocycles. The lowest BCUT2D eigenvalue weighted by atomic mass is 9.55. The van der Waals surface area contributed by atoms with Gasteiger partial charge in [-0.2, -0.15) is 0 Å². The van der Waals surface area contributed by atoms with Crippen LogP contribution in [-0.2, 0) is 19.7 Å². The maximum atomic E-state index is 13.3.